The van der Waals surface area contributed by atoms with E-state index >= 15 is 0 Å². The monoisotopic (exact) mass is 711 g/mol. The highest BCUT2D eigenvalue weighted by Gasteiger charge is 2.20. The van der Waals surface area contributed by atoms with Gasteiger partial charge in [-0.05, 0) is 82.2 Å². The lowest BCUT2D eigenvalue weighted by atomic mass is 9.84. The maximum atomic E-state index is 5.25. The summed E-state index contributed by atoms with van der Waals surface area (Å²) in [7, 11) is 0. The predicted octanol–water partition coefficient (Wildman–Crippen LogP) is 14.0. The lowest BCUT2D eigenvalue weighted by molar-refractivity contribution is 1.08. The lowest BCUT2D eigenvalue weighted by Crippen LogP contribution is -2.01. The SMILES string of the molecule is c1cc(-c2nc(-c3cccc4ccccc34)nc(-c3cccc4ccccc34)n2)cc(-c2c3ccccc3c(-c3cccc4ccccc34)c3ccccc23)c1. The number of hydrogen-bond donors (Lipinski definition) is 0. The minimum absolute atomic E-state index is 0.633. The van der Waals surface area contributed by atoms with E-state index in [1.54, 1.807) is 0 Å². The van der Waals surface area contributed by atoms with E-state index in [9.17, 15) is 0 Å². The Morgan fingerprint density at radius 1 is 0.232 bits per heavy atom. The molecule has 0 unspecified atom stereocenters. The molecular formula is C53H33N3. The van der Waals surface area contributed by atoms with E-state index in [1.165, 1.54) is 49.0 Å². The molecule has 0 amide bonds. The van der Waals surface area contributed by atoms with Gasteiger partial charge in [0.1, 0.15) is 0 Å². The van der Waals surface area contributed by atoms with Crippen LogP contribution < -0.4 is 0 Å². The van der Waals surface area contributed by atoms with Crippen molar-refractivity contribution in [1.82, 2.24) is 15.0 Å². The minimum atomic E-state index is 0.633. The fraction of sp³-hybridized carbons (Fsp3) is 0. The van der Waals surface area contributed by atoms with Gasteiger partial charge < -0.3 is 0 Å². The summed E-state index contributed by atoms with van der Waals surface area (Å²) < 4.78 is 0. The Bertz CT molecular complexity index is 3160. The molecule has 260 valence electrons. The molecule has 3 heteroatoms. The highest BCUT2D eigenvalue weighted by Crippen LogP contribution is 2.45. The molecule has 0 saturated carbocycles. The first-order valence-electron chi connectivity index (χ1n) is 19.0. The lowest BCUT2D eigenvalue weighted by Gasteiger charge is -2.19. The van der Waals surface area contributed by atoms with Crippen LogP contribution in [0.1, 0.15) is 0 Å². The average molecular weight is 712 g/mol. The summed E-state index contributed by atoms with van der Waals surface area (Å²) in [5.41, 5.74) is 7.68. The van der Waals surface area contributed by atoms with Crippen LogP contribution in [0.15, 0.2) is 200 Å². The Balaban J connectivity index is 1.16. The van der Waals surface area contributed by atoms with Gasteiger partial charge in [-0.1, -0.05) is 194 Å². The third kappa shape index (κ3) is 5.25. The molecule has 0 saturated heterocycles. The second-order valence-electron chi connectivity index (χ2n) is 14.3. The predicted molar refractivity (Wildman–Crippen MR) is 235 cm³/mol. The third-order valence-corrected chi connectivity index (χ3v) is 11.1. The van der Waals surface area contributed by atoms with Crippen LogP contribution >= 0.6 is 0 Å². The van der Waals surface area contributed by atoms with Crippen LogP contribution in [0.25, 0.3) is 110 Å². The van der Waals surface area contributed by atoms with Crippen LogP contribution in [0.2, 0.25) is 0 Å². The summed E-state index contributed by atoms with van der Waals surface area (Å²) in [6.07, 6.45) is 0. The molecule has 0 aliphatic rings. The first-order chi connectivity index (χ1) is 27.8. The van der Waals surface area contributed by atoms with E-state index in [1.807, 2.05) is 0 Å². The highest BCUT2D eigenvalue weighted by molar-refractivity contribution is 6.23. The topological polar surface area (TPSA) is 38.7 Å². The smallest absolute Gasteiger partial charge is 0.164 e. The van der Waals surface area contributed by atoms with Gasteiger partial charge in [-0.3, -0.25) is 0 Å². The molecule has 0 aliphatic carbocycles. The van der Waals surface area contributed by atoms with E-state index in [0.717, 1.165) is 43.8 Å². The first kappa shape index (κ1) is 32.0. The molecule has 0 radical (unpaired) electrons. The van der Waals surface area contributed by atoms with Gasteiger partial charge in [0.25, 0.3) is 0 Å². The van der Waals surface area contributed by atoms with Gasteiger partial charge in [-0.15, -0.1) is 0 Å². The van der Waals surface area contributed by atoms with Crippen LogP contribution in [-0.2, 0) is 0 Å². The van der Waals surface area contributed by atoms with Crippen molar-refractivity contribution < 1.29 is 0 Å². The van der Waals surface area contributed by atoms with Gasteiger partial charge >= 0.3 is 0 Å². The zero-order valence-electron chi connectivity index (χ0n) is 30.4. The fourth-order valence-corrected chi connectivity index (χ4v) is 8.57. The molecule has 0 fully saturated rings. The van der Waals surface area contributed by atoms with E-state index in [-0.39, 0.29) is 0 Å². The van der Waals surface area contributed by atoms with Gasteiger partial charge in [0, 0.05) is 16.7 Å². The Hall–Kier alpha value is -7.49. The number of benzene rings is 10. The molecule has 11 rings (SSSR count). The maximum Gasteiger partial charge on any atom is 0.164 e. The van der Waals surface area contributed by atoms with Crippen molar-refractivity contribution in [2.45, 2.75) is 0 Å². The number of fused-ring (bicyclic) bond motifs is 5. The molecule has 3 nitrogen and oxygen atoms in total. The second-order valence-corrected chi connectivity index (χ2v) is 14.3. The first-order valence-corrected chi connectivity index (χ1v) is 19.0. The zero-order chi connectivity index (χ0) is 37.0. The molecule has 0 spiro atoms. The normalized spacial score (nSPS) is 11.6. The Morgan fingerprint density at radius 2 is 0.571 bits per heavy atom. The minimum Gasteiger partial charge on any atom is -0.208 e. The number of rotatable bonds is 5. The summed E-state index contributed by atoms with van der Waals surface area (Å²) in [6.45, 7) is 0. The molecule has 0 N–H and O–H groups in total. The molecule has 1 heterocycles. The zero-order valence-corrected chi connectivity index (χ0v) is 30.4. The molecule has 0 bridgehead atoms. The summed E-state index contributed by atoms with van der Waals surface area (Å²) in [5.74, 6) is 1.93. The third-order valence-electron chi connectivity index (χ3n) is 11.1. The molecule has 10 aromatic carbocycles. The second kappa shape index (κ2) is 13.1. The van der Waals surface area contributed by atoms with Crippen molar-refractivity contribution in [3.8, 4) is 56.4 Å². The van der Waals surface area contributed by atoms with Crippen LogP contribution in [0.5, 0.6) is 0 Å². The number of nitrogens with zero attached hydrogens (tertiary/aromatic N) is 3. The highest BCUT2D eigenvalue weighted by atomic mass is 15.0. The maximum absolute atomic E-state index is 5.25. The van der Waals surface area contributed by atoms with Crippen LogP contribution in [0, 0.1) is 0 Å². The average Bonchev–Trinajstić information content (AvgIpc) is 3.27. The molecule has 56 heavy (non-hydrogen) atoms. The van der Waals surface area contributed by atoms with Crippen molar-refractivity contribution in [3.63, 3.8) is 0 Å². The summed E-state index contributed by atoms with van der Waals surface area (Å²) in [5, 5.41) is 11.8. The van der Waals surface area contributed by atoms with E-state index in [0.29, 0.717) is 17.5 Å². The van der Waals surface area contributed by atoms with Gasteiger partial charge in [-0.2, -0.15) is 0 Å². The van der Waals surface area contributed by atoms with E-state index in [2.05, 4.69) is 200 Å². The van der Waals surface area contributed by atoms with E-state index < -0.39 is 0 Å². The van der Waals surface area contributed by atoms with Crippen molar-refractivity contribution in [3.05, 3.63) is 200 Å². The van der Waals surface area contributed by atoms with Crippen LogP contribution in [0.4, 0.5) is 0 Å². The van der Waals surface area contributed by atoms with Crippen molar-refractivity contribution in [1.29, 1.82) is 0 Å². The van der Waals surface area contributed by atoms with E-state index in [4.69, 9.17) is 15.0 Å². The van der Waals surface area contributed by atoms with Crippen LogP contribution in [0.3, 0.4) is 0 Å². The van der Waals surface area contributed by atoms with Gasteiger partial charge in [0.05, 0.1) is 0 Å². The van der Waals surface area contributed by atoms with Gasteiger partial charge in [0.2, 0.25) is 0 Å². The Labute approximate surface area is 324 Å². The largest absolute Gasteiger partial charge is 0.208 e. The van der Waals surface area contributed by atoms with Crippen LogP contribution in [-0.4, -0.2) is 15.0 Å². The van der Waals surface area contributed by atoms with Crippen molar-refractivity contribution in [2.75, 3.05) is 0 Å². The molecule has 11 aromatic rings. The quantitative estimate of drug-likeness (QED) is 0.167. The molecular weight excluding hydrogens is 679 g/mol. The fourth-order valence-electron chi connectivity index (χ4n) is 8.57. The Morgan fingerprint density at radius 3 is 1.07 bits per heavy atom. The van der Waals surface area contributed by atoms with Gasteiger partial charge in [-0.25, -0.2) is 15.0 Å². The number of hydrogen-bond acceptors (Lipinski definition) is 3. The Kier molecular flexibility index (Phi) is 7.49. The molecule has 0 atom stereocenters. The summed E-state index contributed by atoms with van der Waals surface area (Å²) in [6, 6.07) is 71.2. The van der Waals surface area contributed by atoms with Crippen molar-refractivity contribution in [2.24, 2.45) is 0 Å². The van der Waals surface area contributed by atoms with Crippen molar-refractivity contribution >= 4 is 53.9 Å². The molecule has 1 aromatic heterocycles. The standard InChI is InChI=1S/C53H33N3/c1-4-23-39-34(15-1)18-12-30-42(39)50-45-28-9-7-26-43(45)49(44-27-8-10-29-46(44)50)37-21-11-22-38(33-37)51-54-52(47-31-13-19-35-16-2-5-24-40(35)47)56-53(55-51)48-32-14-20-36-17-3-6-25-41(36)48/h1-33H. The summed E-state index contributed by atoms with van der Waals surface area (Å²) >= 11 is 0. The summed E-state index contributed by atoms with van der Waals surface area (Å²) in [4.78, 5) is 15.7. The number of aromatic nitrogens is 3. The molecule has 0 aliphatic heterocycles. The van der Waals surface area contributed by atoms with Gasteiger partial charge in [0.15, 0.2) is 17.5 Å².